The molecule has 4 N–H and O–H groups in total. The van der Waals surface area contributed by atoms with Crippen molar-refractivity contribution in [2.45, 2.75) is 50.2 Å². The van der Waals surface area contributed by atoms with Crippen LogP contribution in [0.5, 0.6) is 0 Å². The van der Waals surface area contributed by atoms with Crippen molar-refractivity contribution in [1.29, 1.82) is 0 Å². The molecular formula is C20H25N3O5. The third-order valence-corrected chi connectivity index (χ3v) is 4.47. The smallest absolute Gasteiger partial charge is 0.326 e. The average Bonchev–Trinajstić information content (AvgIpc) is 2.66. The number of aliphatic carboxylic acids is 1. The van der Waals surface area contributed by atoms with Gasteiger partial charge in [0.1, 0.15) is 18.1 Å². The molecule has 0 unspecified atom stereocenters. The predicted octanol–water partition coefficient (Wildman–Crippen LogP) is 0.528. The first-order valence-electron chi connectivity index (χ1n) is 9.18. The lowest BCUT2D eigenvalue weighted by molar-refractivity contribution is -0.143. The lowest BCUT2D eigenvalue weighted by Gasteiger charge is -2.29. The number of benzene rings is 1. The van der Waals surface area contributed by atoms with Crippen molar-refractivity contribution in [2.24, 2.45) is 0 Å². The van der Waals surface area contributed by atoms with Crippen LogP contribution in [0.1, 0.15) is 31.2 Å². The summed E-state index contributed by atoms with van der Waals surface area (Å²) < 4.78 is 0. The monoisotopic (exact) mass is 387 g/mol. The number of carboxylic acids is 1. The first-order valence-corrected chi connectivity index (χ1v) is 9.18. The second-order valence-electron chi connectivity index (χ2n) is 6.69. The second kappa shape index (κ2) is 10.2. The first kappa shape index (κ1) is 21.1. The van der Waals surface area contributed by atoms with Gasteiger partial charge < -0.3 is 21.1 Å². The highest BCUT2D eigenvalue weighted by Gasteiger charge is 2.35. The third kappa shape index (κ3) is 6.22. The molecule has 3 amide bonds. The number of rotatable bonds is 10. The van der Waals surface area contributed by atoms with E-state index >= 15 is 0 Å². The van der Waals surface area contributed by atoms with E-state index in [1.54, 1.807) is 6.08 Å². The molecule has 1 aromatic rings. The summed E-state index contributed by atoms with van der Waals surface area (Å²) >= 11 is 0. The summed E-state index contributed by atoms with van der Waals surface area (Å²) in [5, 5.41) is 16.8. The number of allylic oxidation sites excluding steroid dienone is 1. The molecule has 8 heteroatoms. The van der Waals surface area contributed by atoms with Crippen molar-refractivity contribution in [3.63, 3.8) is 0 Å². The number of unbranched alkanes of at least 4 members (excludes halogenated alkanes) is 1. The molecule has 0 bridgehead atoms. The van der Waals surface area contributed by atoms with Crippen LogP contribution in [-0.2, 0) is 25.6 Å². The highest BCUT2D eigenvalue weighted by atomic mass is 16.4. The average molecular weight is 387 g/mol. The minimum Gasteiger partial charge on any atom is -0.480 e. The topological polar surface area (TPSA) is 125 Å². The summed E-state index contributed by atoms with van der Waals surface area (Å²) in [6.07, 6.45) is 3.18. The molecule has 1 aliphatic heterocycles. The maximum absolute atomic E-state index is 12.3. The fourth-order valence-electron chi connectivity index (χ4n) is 2.98. The van der Waals surface area contributed by atoms with Gasteiger partial charge in [-0.1, -0.05) is 36.4 Å². The molecule has 1 saturated heterocycles. The molecule has 1 fully saturated rings. The van der Waals surface area contributed by atoms with Crippen LogP contribution in [0.3, 0.4) is 0 Å². The number of hydrogen-bond acceptors (Lipinski definition) is 4. The Morgan fingerprint density at radius 3 is 2.43 bits per heavy atom. The van der Waals surface area contributed by atoms with E-state index in [1.807, 2.05) is 30.3 Å². The maximum atomic E-state index is 12.3. The van der Waals surface area contributed by atoms with Gasteiger partial charge in [0, 0.05) is 6.42 Å². The second-order valence-corrected chi connectivity index (χ2v) is 6.69. The van der Waals surface area contributed by atoms with Gasteiger partial charge in [0.15, 0.2) is 0 Å². The van der Waals surface area contributed by atoms with Crippen LogP contribution >= 0.6 is 0 Å². The van der Waals surface area contributed by atoms with Gasteiger partial charge in [-0.2, -0.15) is 0 Å². The molecule has 150 valence electrons. The Hall–Kier alpha value is -3.16. The number of amides is 3. The van der Waals surface area contributed by atoms with Gasteiger partial charge in [0.05, 0.1) is 6.42 Å². The summed E-state index contributed by atoms with van der Waals surface area (Å²) in [5.74, 6) is -2.58. The first-order chi connectivity index (χ1) is 13.4. The van der Waals surface area contributed by atoms with Gasteiger partial charge in [0.25, 0.3) is 0 Å². The number of carbonyl (C=O) groups is 4. The molecule has 1 heterocycles. The highest BCUT2D eigenvalue weighted by Crippen LogP contribution is 2.09. The van der Waals surface area contributed by atoms with E-state index in [9.17, 15) is 24.3 Å². The van der Waals surface area contributed by atoms with E-state index in [-0.39, 0.29) is 18.7 Å². The van der Waals surface area contributed by atoms with Crippen LogP contribution in [0.2, 0.25) is 0 Å². The number of carboxylic acid groups (broad SMARTS) is 1. The fourth-order valence-corrected chi connectivity index (χ4v) is 2.98. The van der Waals surface area contributed by atoms with Gasteiger partial charge in [-0.15, -0.1) is 6.58 Å². The van der Waals surface area contributed by atoms with Crippen LogP contribution in [0.25, 0.3) is 0 Å². The third-order valence-electron chi connectivity index (χ3n) is 4.47. The molecule has 8 nitrogen and oxygen atoms in total. The standard InChI is InChI=1S/C20H25N3O5/c1-2-3-5-10-14(20(27)28)21-17(24)12-16-19(26)22-15(18(25)23-16)11-13-8-6-4-7-9-13/h2,4,6-9,14-16H,1,3,5,10-12H2,(H,21,24)(H,22,26)(H,23,25)(H,27,28)/t14-,15+,16+/m1/s1. The molecule has 3 atom stereocenters. The van der Waals surface area contributed by atoms with Crippen LogP contribution < -0.4 is 16.0 Å². The van der Waals surface area contributed by atoms with E-state index in [0.717, 1.165) is 5.56 Å². The van der Waals surface area contributed by atoms with Crippen LogP contribution in [-0.4, -0.2) is 46.9 Å². The molecule has 2 rings (SSSR count). The molecule has 28 heavy (non-hydrogen) atoms. The van der Waals surface area contributed by atoms with Gasteiger partial charge in [-0.3, -0.25) is 14.4 Å². The summed E-state index contributed by atoms with van der Waals surface area (Å²) in [4.78, 5) is 48.0. The minimum absolute atomic E-state index is 0.259. The molecule has 0 spiro atoms. The molecular weight excluding hydrogens is 362 g/mol. The largest absolute Gasteiger partial charge is 0.480 e. The zero-order valence-electron chi connectivity index (χ0n) is 15.5. The molecule has 0 saturated carbocycles. The lowest BCUT2D eigenvalue weighted by Crippen LogP contribution is -2.63. The lowest BCUT2D eigenvalue weighted by atomic mass is 10.0. The van der Waals surface area contributed by atoms with E-state index < -0.39 is 35.9 Å². The van der Waals surface area contributed by atoms with E-state index in [4.69, 9.17) is 0 Å². The molecule has 1 aliphatic rings. The predicted molar refractivity (Wildman–Crippen MR) is 102 cm³/mol. The summed E-state index contributed by atoms with van der Waals surface area (Å²) in [7, 11) is 0. The quantitative estimate of drug-likeness (QED) is 0.344. The van der Waals surface area contributed by atoms with Crippen LogP contribution in [0.15, 0.2) is 43.0 Å². The van der Waals surface area contributed by atoms with Crippen LogP contribution in [0.4, 0.5) is 0 Å². The van der Waals surface area contributed by atoms with Gasteiger partial charge in [0.2, 0.25) is 17.7 Å². The number of nitrogens with one attached hydrogen (secondary N) is 3. The zero-order chi connectivity index (χ0) is 20.5. The van der Waals surface area contributed by atoms with Crippen molar-refractivity contribution in [1.82, 2.24) is 16.0 Å². The summed E-state index contributed by atoms with van der Waals surface area (Å²) in [6, 6.07) is 6.49. The van der Waals surface area contributed by atoms with E-state index in [2.05, 4.69) is 22.5 Å². The molecule has 1 aromatic carbocycles. The zero-order valence-corrected chi connectivity index (χ0v) is 15.5. The van der Waals surface area contributed by atoms with Crippen molar-refractivity contribution in [3.05, 3.63) is 48.6 Å². The van der Waals surface area contributed by atoms with E-state index in [1.165, 1.54) is 0 Å². The Labute approximate surface area is 163 Å². The van der Waals surface area contributed by atoms with Gasteiger partial charge in [-0.05, 0) is 24.8 Å². The maximum Gasteiger partial charge on any atom is 0.326 e. The minimum atomic E-state index is -1.14. The Bertz CT molecular complexity index is 735. The van der Waals surface area contributed by atoms with Crippen molar-refractivity contribution in [3.8, 4) is 0 Å². The Kier molecular flexibility index (Phi) is 7.74. The van der Waals surface area contributed by atoms with Crippen LogP contribution in [0, 0.1) is 0 Å². The normalized spacial score (nSPS) is 19.9. The fraction of sp³-hybridized carbons (Fsp3) is 0.400. The van der Waals surface area contributed by atoms with E-state index in [0.29, 0.717) is 19.3 Å². The van der Waals surface area contributed by atoms with Crippen molar-refractivity contribution in [2.75, 3.05) is 0 Å². The Morgan fingerprint density at radius 2 is 1.79 bits per heavy atom. The van der Waals surface area contributed by atoms with Gasteiger partial charge in [-0.25, -0.2) is 4.79 Å². The van der Waals surface area contributed by atoms with Crippen molar-refractivity contribution >= 4 is 23.7 Å². The molecule has 0 aliphatic carbocycles. The molecule has 0 radical (unpaired) electrons. The molecule has 0 aromatic heterocycles. The SMILES string of the molecule is C=CCCC[C@@H](NC(=O)C[C@@H]1NC(=O)[C@H](Cc2ccccc2)NC1=O)C(=O)O. The Balaban J connectivity index is 1.88. The van der Waals surface area contributed by atoms with Crippen molar-refractivity contribution < 1.29 is 24.3 Å². The number of piperazine rings is 1. The summed E-state index contributed by atoms with van der Waals surface area (Å²) in [5.41, 5.74) is 0.906. The van der Waals surface area contributed by atoms with Gasteiger partial charge >= 0.3 is 5.97 Å². The number of hydrogen-bond donors (Lipinski definition) is 4. The Morgan fingerprint density at radius 1 is 1.14 bits per heavy atom. The highest BCUT2D eigenvalue weighted by molar-refractivity contribution is 5.99. The summed E-state index contributed by atoms with van der Waals surface area (Å²) in [6.45, 7) is 3.57. The number of carbonyl (C=O) groups excluding carboxylic acids is 3.